The number of rotatable bonds is 28. The van der Waals surface area contributed by atoms with E-state index >= 15 is 9.59 Å². The lowest BCUT2D eigenvalue weighted by Gasteiger charge is -2.68. The summed E-state index contributed by atoms with van der Waals surface area (Å²) < 4.78 is 30.3. The first-order valence-electron chi connectivity index (χ1n) is 32.1. The minimum Gasteiger partial charge on any atom is -0.455 e. The molecule has 11 N–H and O–H groups in total. The predicted octanol–water partition coefficient (Wildman–Crippen LogP) is 5.26. The molecular weight excluding hydrogens is 1260 g/mol. The van der Waals surface area contributed by atoms with Crippen molar-refractivity contribution in [2.75, 3.05) is 13.2 Å². The molecule has 3 aliphatic carbocycles. The monoisotopic (exact) mass is 1350 g/mol. The normalized spacial score (nSPS) is 25.8. The van der Waals surface area contributed by atoms with Gasteiger partial charge in [-0.05, 0) is 120 Å². The first kappa shape index (κ1) is 75.0. The molecule has 2 unspecified atom stereocenters. The zero-order valence-electron chi connectivity index (χ0n) is 55.5. The Labute approximate surface area is 562 Å². The number of primary amides is 2. The van der Waals surface area contributed by atoms with Crippen molar-refractivity contribution in [2.45, 2.75) is 192 Å². The van der Waals surface area contributed by atoms with Crippen molar-refractivity contribution in [2.24, 2.45) is 39.5 Å². The highest BCUT2D eigenvalue weighted by molar-refractivity contribution is 6.30. The van der Waals surface area contributed by atoms with E-state index in [2.05, 4.69) is 21.3 Å². The van der Waals surface area contributed by atoms with E-state index in [9.17, 15) is 58.5 Å². The molecule has 3 aromatic carbocycles. The maximum absolute atomic E-state index is 15.3. The molecule has 3 fully saturated rings. The fraction of sp³-hybridized carbons (Fsp3) is 0.529. The third-order valence-corrected chi connectivity index (χ3v) is 19.4. The Kier molecular flexibility index (Phi) is 24.4. The number of aliphatic hydroxyl groups excluding tert-OH is 2. The Morgan fingerprint density at radius 1 is 0.802 bits per heavy atom. The van der Waals surface area contributed by atoms with Crippen LogP contribution in [-0.4, -0.2) is 153 Å². The van der Waals surface area contributed by atoms with E-state index in [0.29, 0.717) is 10.6 Å². The molecule has 520 valence electrons. The van der Waals surface area contributed by atoms with Crippen LogP contribution in [0.3, 0.4) is 0 Å². The molecule has 1 aliphatic heterocycles. The molecule has 96 heavy (non-hydrogen) atoms. The van der Waals surface area contributed by atoms with E-state index in [4.69, 9.17) is 46.8 Å². The number of Topliss-reactive ketones (excluding diaryl/α,β-unsaturated/α-hetero) is 2. The van der Waals surface area contributed by atoms with Crippen LogP contribution in [0.1, 0.15) is 154 Å². The minimum absolute atomic E-state index is 0.00388. The summed E-state index contributed by atoms with van der Waals surface area (Å²) in [6.45, 7) is 14.2. The molecule has 1 saturated heterocycles. The number of hydrogen-bond donors (Lipinski definition) is 9. The molecule has 7 rings (SSSR count). The number of carbonyl (C=O) groups is 11. The van der Waals surface area contributed by atoms with Gasteiger partial charge in [0.25, 0.3) is 0 Å². The number of nitrogens with one attached hydrogen (secondary N) is 4. The first-order valence-corrected chi connectivity index (χ1v) is 32.5. The van der Waals surface area contributed by atoms with Crippen molar-refractivity contribution in [3.63, 3.8) is 0 Å². The number of carbonyl (C=O) groups excluding carboxylic acids is 11. The first-order chi connectivity index (χ1) is 45.0. The molecule has 0 spiro atoms. The highest BCUT2D eigenvalue weighted by Crippen LogP contribution is 2.66. The number of ketones is 2. The minimum atomic E-state index is -2.33. The number of benzene rings is 3. The SMILES string of the molecule is CC1=C2[C@@H](O)C(=O)[C@@]3(C)[C@H]([C@H](OC(=O)c4ccccc4)[C@](O)(C[C@@H]1OC(=O)[C@H](OC(=O)CCC(=O)NCCCCC(NC(=O)CC[C@H](CC(=O)C(C)NC(=O)/C=C/c1ccc(Cl)cc1)C(N)=O)C(N)=O)[C@H](NC(=O)OC(C)(C)C)c1ccccc1)C2(C)C)[C@]1(C)CO[C@@H]1C[C@@H]3O. The van der Waals surface area contributed by atoms with Gasteiger partial charge in [0.15, 0.2) is 11.6 Å². The Morgan fingerprint density at radius 3 is 2.05 bits per heavy atom. The molecule has 14 atom stereocenters. The second-order valence-electron chi connectivity index (χ2n) is 27.3. The van der Waals surface area contributed by atoms with Gasteiger partial charge in [0.2, 0.25) is 35.6 Å². The largest absolute Gasteiger partial charge is 0.455 e. The summed E-state index contributed by atoms with van der Waals surface area (Å²) in [5.41, 5.74) is 4.32. The fourth-order valence-corrected chi connectivity index (χ4v) is 13.7. The maximum atomic E-state index is 15.3. The van der Waals surface area contributed by atoms with E-state index in [1.54, 1.807) is 102 Å². The van der Waals surface area contributed by atoms with Gasteiger partial charge in [0.1, 0.15) is 41.6 Å². The number of ether oxygens (including phenoxy) is 5. The van der Waals surface area contributed by atoms with Crippen molar-refractivity contribution < 1.29 is 91.7 Å². The fourth-order valence-electron chi connectivity index (χ4n) is 13.6. The predicted molar refractivity (Wildman–Crippen MR) is 348 cm³/mol. The van der Waals surface area contributed by atoms with Crippen molar-refractivity contribution in [1.82, 2.24) is 21.3 Å². The van der Waals surface area contributed by atoms with Crippen LogP contribution in [0.4, 0.5) is 4.79 Å². The smallest absolute Gasteiger partial charge is 0.408 e. The average Bonchev–Trinajstić information content (AvgIpc) is 0.674. The number of hydrogen-bond acceptors (Lipinski definition) is 19. The molecule has 26 heteroatoms. The highest BCUT2D eigenvalue weighted by atomic mass is 35.5. The lowest BCUT2D eigenvalue weighted by molar-refractivity contribution is -0.313. The molecule has 3 aromatic rings. The second-order valence-corrected chi connectivity index (χ2v) is 27.7. The van der Waals surface area contributed by atoms with Gasteiger partial charge >= 0.3 is 24.0 Å². The standard InChI is InChI=1S/C70H89ClN6O19/c1-38-47(36-70(91)60(95-63(88)42-20-14-11-15-21-42)58-68(8)37-92-49(68)35-48(79)69(58,9)59(85)56(84)54(38)67(70,6)7)93-64(89)57(55(41-18-12-10-13-19-41)77-65(90)96-66(3,4)5)94-53(83)32-31-50(80)74-33-17-16-22-45(62(73)87)76-52(82)30-26-43(61(72)86)34-46(78)39(2)75-51(81)29-25-40-23-27-44(71)28-24-40/h10-15,18-21,23-25,27-29,39,43,45,47-49,55-58,60,79,84,91H,16-17,22,26,30-37H2,1-9H3,(H2,72,86)(H2,73,87)(H,74,80)(H,75,81)(H,76,82)(H,77,90)/b29-25+/t39?,43-,45?,47+,48+,49-,55-,56-,57-,58-,60+,68-,69-,70-/m1/s1. The van der Waals surface area contributed by atoms with Gasteiger partial charge in [0, 0.05) is 72.4 Å². The van der Waals surface area contributed by atoms with Gasteiger partial charge in [-0.25, -0.2) is 14.4 Å². The summed E-state index contributed by atoms with van der Waals surface area (Å²) in [6, 6.07) is 18.8. The number of unbranched alkanes of at least 4 members (excludes halogenated alkanes) is 1. The third kappa shape index (κ3) is 17.4. The molecule has 0 radical (unpaired) electrons. The summed E-state index contributed by atoms with van der Waals surface area (Å²) in [5, 5.41) is 49.2. The van der Waals surface area contributed by atoms with Crippen LogP contribution in [0.5, 0.6) is 0 Å². The van der Waals surface area contributed by atoms with Crippen molar-refractivity contribution >= 4 is 82.8 Å². The lowest BCUT2D eigenvalue weighted by atomic mass is 9.42. The van der Waals surface area contributed by atoms with Crippen LogP contribution in [-0.2, 0) is 66.8 Å². The second kappa shape index (κ2) is 31.2. The van der Waals surface area contributed by atoms with Crippen molar-refractivity contribution in [1.29, 1.82) is 0 Å². The van der Waals surface area contributed by atoms with E-state index in [0.717, 1.165) is 0 Å². The zero-order chi connectivity index (χ0) is 70.8. The number of amides is 6. The zero-order valence-corrected chi connectivity index (χ0v) is 56.2. The number of nitrogens with two attached hydrogens (primary N) is 2. The summed E-state index contributed by atoms with van der Waals surface area (Å²) >= 11 is 5.91. The van der Waals surface area contributed by atoms with Crippen LogP contribution in [0.2, 0.25) is 5.02 Å². The van der Waals surface area contributed by atoms with Gasteiger partial charge in [-0.1, -0.05) is 93.0 Å². The van der Waals surface area contributed by atoms with Gasteiger partial charge in [-0.2, -0.15) is 0 Å². The van der Waals surface area contributed by atoms with Crippen LogP contribution >= 0.6 is 11.6 Å². The molecule has 2 bridgehead atoms. The van der Waals surface area contributed by atoms with Crippen LogP contribution < -0.4 is 32.7 Å². The summed E-state index contributed by atoms with van der Waals surface area (Å²) in [5.74, 6) is -10.5. The Balaban J connectivity index is 1.02. The van der Waals surface area contributed by atoms with Gasteiger partial charge in [-0.3, -0.25) is 38.4 Å². The van der Waals surface area contributed by atoms with Gasteiger partial charge in [-0.15, -0.1) is 0 Å². The lowest BCUT2D eigenvalue weighted by Crippen LogP contribution is -2.77. The number of fused-ring (bicyclic) bond motifs is 5. The van der Waals surface area contributed by atoms with E-state index < -0.39 is 178 Å². The molecule has 6 amide bonds. The van der Waals surface area contributed by atoms with Crippen LogP contribution in [0.15, 0.2) is 102 Å². The number of esters is 3. The van der Waals surface area contributed by atoms with E-state index in [1.807, 2.05) is 0 Å². The Morgan fingerprint density at radius 2 is 1.45 bits per heavy atom. The van der Waals surface area contributed by atoms with E-state index in [-0.39, 0.29) is 80.4 Å². The van der Waals surface area contributed by atoms with Crippen molar-refractivity contribution in [3.05, 3.63) is 124 Å². The highest BCUT2D eigenvalue weighted by Gasteiger charge is 2.75. The summed E-state index contributed by atoms with van der Waals surface area (Å²) in [4.78, 5) is 149. The average molecular weight is 1350 g/mol. The Hall–Kier alpha value is -8.36. The molecule has 0 aromatic heterocycles. The molecule has 1 heterocycles. The van der Waals surface area contributed by atoms with Crippen LogP contribution in [0.25, 0.3) is 6.08 Å². The van der Waals surface area contributed by atoms with Crippen molar-refractivity contribution in [3.8, 4) is 0 Å². The topological polar surface area (TPSA) is 395 Å². The molecule has 25 nitrogen and oxygen atoms in total. The third-order valence-electron chi connectivity index (χ3n) is 19.1. The summed E-state index contributed by atoms with van der Waals surface area (Å²) in [6.07, 6.45) is -9.62. The van der Waals surface area contributed by atoms with E-state index in [1.165, 1.54) is 57.2 Å². The van der Waals surface area contributed by atoms with Gasteiger partial charge < -0.3 is 71.7 Å². The quantitative estimate of drug-likeness (QED) is 0.0147. The van der Waals surface area contributed by atoms with Crippen LogP contribution in [0, 0.1) is 28.1 Å². The maximum Gasteiger partial charge on any atom is 0.408 e. The molecule has 2 saturated carbocycles. The molecule has 4 aliphatic rings. The van der Waals surface area contributed by atoms with Gasteiger partial charge in [0.05, 0.1) is 42.3 Å². The number of halogens is 1. The number of alkyl carbamates (subject to hydrolysis) is 1. The molecular formula is C70H89ClN6O19. The number of aliphatic hydroxyl groups is 3. The Bertz CT molecular complexity index is 3470. The summed E-state index contributed by atoms with van der Waals surface area (Å²) in [7, 11) is 0.